The molecule has 1 aromatic rings. The molecule has 1 saturated heterocycles. The van der Waals surface area contributed by atoms with Gasteiger partial charge in [-0.3, -0.25) is 4.68 Å². The normalized spacial score (nSPS) is 19.1. The number of carbonyl (C=O) groups is 1. The van der Waals surface area contributed by atoms with Crippen LogP contribution < -0.4 is 10.8 Å². The van der Waals surface area contributed by atoms with Crippen molar-refractivity contribution in [2.45, 2.75) is 66.2 Å². The molecule has 2 rings (SSSR count). The van der Waals surface area contributed by atoms with Crippen LogP contribution in [0.4, 0.5) is 4.79 Å². The molecule has 140 valence electrons. The highest BCUT2D eigenvalue weighted by Crippen LogP contribution is 2.36. The lowest BCUT2D eigenvalue weighted by atomic mass is 9.82. The summed E-state index contributed by atoms with van der Waals surface area (Å²) in [5.41, 5.74) is 0.0711. The Balaban J connectivity index is 1.80. The zero-order valence-electron chi connectivity index (χ0n) is 16.4. The SMILES string of the molecule is CC(C)(C)COC(=O)NCCn1cc(B2OC(C)(C)C(C)(C)O2)cn1. The van der Waals surface area contributed by atoms with E-state index in [-0.39, 0.29) is 16.6 Å². The minimum absolute atomic E-state index is 0.0446. The summed E-state index contributed by atoms with van der Waals surface area (Å²) < 4.78 is 18.9. The van der Waals surface area contributed by atoms with Crippen LogP contribution in [0.1, 0.15) is 48.5 Å². The molecule has 0 aliphatic carbocycles. The van der Waals surface area contributed by atoms with E-state index in [2.05, 4.69) is 10.4 Å². The van der Waals surface area contributed by atoms with Crippen molar-refractivity contribution in [1.82, 2.24) is 15.1 Å². The monoisotopic (exact) mass is 351 g/mol. The van der Waals surface area contributed by atoms with Gasteiger partial charge in [0, 0.05) is 24.4 Å². The number of amides is 1. The van der Waals surface area contributed by atoms with Crippen LogP contribution in [-0.2, 0) is 20.6 Å². The van der Waals surface area contributed by atoms with Gasteiger partial charge in [-0.15, -0.1) is 0 Å². The zero-order valence-corrected chi connectivity index (χ0v) is 16.4. The van der Waals surface area contributed by atoms with Crippen LogP contribution in [0, 0.1) is 5.41 Å². The summed E-state index contributed by atoms with van der Waals surface area (Å²) in [6.45, 7) is 15.5. The molecule has 8 heteroatoms. The Bertz CT molecular complexity index is 591. The van der Waals surface area contributed by atoms with Gasteiger partial charge in [-0.1, -0.05) is 20.8 Å². The fourth-order valence-electron chi connectivity index (χ4n) is 2.21. The average Bonchev–Trinajstić information content (AvgIpc) is 2.99. The molecule has 0 spiro atoms. The van der Waals surface area contributed by atoms with Gasteiger partial charge in [0.1, 0.15) is 0 Å². The second kappa shape index (κ2) is 7.00. The molecule has 1 N–H and O–H groups in total. The third-order valence-corrected chi connectivity index (χ3v) is 4.43. The Hall–Kier alpha value is -1.54. The molecule has 1 aromatic heterocycles. The van der Waals surface area contributed by atoms with E-state index in [9.17, 15) is 4.79 Å². The molecule has 0 aromatic carbocycles. The maximum Gasteiger partial charge on any atom is 0.498 e. The Morgan fingerprint density at radius 3 is 2.44 bits per heavy atom. The number of aromatic nitrogens is 2. The summed E-state index contributed by atoms with van der Waals surface area (Å²) in [6, 6.07) is 0. The van der Waals surface area contributed by atoms with Crippen molar-refractivity contribution in [2.75, 3.05) is 13.2 Å². The average molecular weight is 351 g/mol. The van der Waals surface area contributed by atoms with Crippen molar-refractivity contribution < 1.29 is 18.8 Å². The predicted molar refractivity (Wildman–Crippen MR) is 96.7 cm³/mol. The van der Waals surface area contributed by atoms with E-state index >= 15 is 0 Å². The lowest BCUT2D eigenvalue weighted by molar-refractivity contribution is 0.00578. The second-order valence-corrected chi connectivity index (χ2v) is 8.69. The highest BCUT2D eigenvalue weighted by molar-refractivity contribution is 6.61. The molecular weight excluding hydrogens is 321 g/mol. The first-order chi connectivity index (χ1) is 11.4. The Kier molecular flexibility index (Phi) is 5.54. The molecule has 25 heavy (non-hydrogen) atoms. The summed E-state index contributed by atoms with van der Waals surface area (Å²) in [5, 5.41) is 7.03. The summed E-state index contributed by atoms with van der Waals surface area (Å²) in [6.07, 6.45) is 3.21. The van der Waals surface area contributed by atoms with Crippen LogP contribution in [-0.4, -0.2) is 47.3 Å². The summed E-state index contributed by atoms with van der Waals surface area (Å²) in [7, 11) is -0.427. The van der Waals surface area contributed by atoms with Gasteiger partial charge in [0.15, 0.2) is 0 Å². The van der Waals surface area contributed by atoms with Crippen molar-refractivity contribution in [3.05, 3.63) is 12.4 Å². The topological polar surface area (TPSA) is 74.6 Å². The van der Waals surface area contributed by atoms with Crippen LogP contribution >= 0.6 is 0 Å². The highest BCUT2D eigenvalue weighted by atomic mass is 16.7. The van der Waals surface area contributed by atoms with Crippen LogP contribution in [0.5, 0.6) is 0 Å². The summed E-state index contributed by atoms with van der Waals surface area (Å²) in [5.74, 6) is 0. The van der Waals surface area contributed by atoms with Crippen molar-refractivity contribution in [2.24, 2.45) is 5.41 Å². The van der Waals surface area contributed by atoms with Crippen LogP contribution in [0.3, 0.4) is 0 Å². The molecular formula is C17H30BN3O4. The highest BCUT2D eigenvalue weighted by Gasteiger charge is 2.52. The van der Waals surface area contributed by atoms with E-state index in [1.165, 1.54) is 0 Å². The van der Waals surface area contributed by atoms with E-state index in [0.717, 1.165) is 5.46 Å². The Morgan fingerprint density at radius 2 is 1.88 bits per heavy atom. The van der Waals surface area contributed by atoms with Gasteiger partial charge in [0.2, 0.25) is 0 Å². The third-order valence-electron chi connectivity index (χ3n) is 4.43. The van der Waals surface area contributed by atoms with E-state index < -0.39 is 13.2 Å². The minimum Gasteiger partial charge on any atom is -0.449 e. The van der Waals surface area contributed by atoms with Gasteiger partial charge in [0.25, 0.3) is 0 Å². The molecule has 1 aliphatic heterocycles. The molecule has 0 atom stereocenters. The molecule has 7 nitrogen and oxygen atoms in total. The van der Waals surface area contributed by atoms with Crippen LogP contribution in [0.15, 0.2) is 12.4 Å². The lowest BCUT2D eigenvalue weighted by Crippen LogP contribution is -2.41. The predicted octanol–water partition coefficient (Wildman–Crippen LogP) is 1.95. The van der Waals surface area contributed by atoms with Crippen molar-refractivity contribution in [1.29, 1.82) is 0 Å². The fraction of sp³-hybridized carbons (Fsp3) is 0.765. The molecule has 1 aliphatic rings. The molecule has 1 fully saturated rings. The number of ether oxygens (including phenoxy) is 1. The molecule has 2 heterocycles. The molecule has 0 bridgehead atoms. The number of rotatable bonds is 5. The molecule has 0 saturated carbocycles. The Labute approximate surface area is 150 Å². The zero-order chi connectivity index (χ0) is 18.9. The third kappa shape index (κ3) is 5.22. The van der Waals surface area contributed by atoms with E-state index in [1.54, 1.807) is 10.9 Å². The van der Waals surface area contributed by atoms with Crippen molar-refractivity contribution in [3.63, 3.8) is 0 Å². The minimum atomic E-state index is -0.427. The quantitative estimate of drug-likeness (QED) is 0.821. The first-order valence-electron chi connectivity index (χ1n) is 8.68. The summed E-state index contributed by atoms with van der Waals surface area (Å²) in [4.78, 5) is 11.6. The first-order valence-corrected chi connectivity index (χ1v) is 8.68. The summed E-state index contributed by atoms with van der Waals surface area (Å²) >= 11 is 0. The van der Waals surface area contributed by atoms with Gasteiger partial charge in [-0.25, -0.2) is 4.79 Å². The van der Waals surface area contributed by atoms with Crippen molar-refractivity contribution >= 4 is 18.7 Å². The van der Waals surface area contributed by atoms with E-state index in [1.807, 2.05) is 54.7 Å². The van der Waals surface area contributed by atoms with Gasteiger partial charge < -0.3 is 19.4 Å². The number of nitrogens with zero attached hydrogens (tertiary/aromatic N) is 2. The Morgan fingerprint density at radius 1 is 1.28 bits per heavy atom. The molecule has 1 amide bonds. The van der Waals surface area contributed by atoms with E-state index in [0.29, 0.717) is 19.7 Å². The standard InChI is InChI=1S/C17H30BN3O4/c1-15(2,3)12-23-14(22)19-8-9-21-11-13(10-20-21)18-24-16(4,5)17(6,7)25-18/h10-11H,8-9,12H2,1-7H3,(H,19,22). The number of hydrogen-bond donors (Lipinski definition) is 1. The maximum atomic E-state index is 11.6. The smallest absolute Gasteiger partial charge is 0.449 e. The maximum absolute atomic E-state index is 11.6. The van der Waals surface area contributed by atoms with Gasteiger partial charge in [-0.2, -0.15) is 5.10 Å². The second-order valence-electron chi connectivity index (χ2n) is 8.69. The van der Waals surface area contributed by atoms with E-state index in [4.69, 9.17) is 14.0 Å². The number of carbonyl (C=O) groups excluding carboxylic acids is 1. The van der Waals surface area contributed by atoms with Gasteiger partial charge in [0.05, 0.1) is 24.4 Å². The number of alkyl carbamates (subject to hydrolysis) is 1. The van der Waals surface area contributed by atoms with Crippen LogP contribution in [0.25, 0.3) is 0 Å². The molecule has 0 radical (unpaired) electrons. The van der Waals surface area contributed by atoms with Gasteiger partial charge in [-0.05, 0) is 33.1 Å². The molecule has 0 unspecified atom stereocenters. The fourth-order valence-corrected chi connectivity index (χ4v) is 2.21. The lowest BCUT2D eigenvalue weighted by Gasteiger charge is -2.32. The van der Waals surface area contributed by atoms with Crippen molar-refractivity contribution in [3.8, 4) is 0 Å². The van der Waals surface area contributed by atoms with Gasteiger partial charge >= 0.3 is 13.2 Å². The number of nitrogens with one attached hydrogen (secondary N) is 1. The largest absolute Gasteiger partial charge is 0.498 e. The first kappa shape index (κ1) is 19.8. The number of hydrogen-bond acceptors (Lipinski definition) is 5. The van der Waals surface area contributed by atoms with Crippen LogP contribution in [0.2, 0.25) is 0 Å².